The first-order valence-corrected chi connectivity index (χ1v) is 5.44. The van der Waals surface area contributed by atoms with Crippen molar-refractivity contribution in [2.45, 2.75) is 32.6 Å². The van der Waals surface area contributed by atoms with Gasteiger partial charge in [0.1, 0.15) is 0 Å². The minimum absolute atomic E-state index is 0.0105. The summed E-state index contributed by atoms with van der Waals surface area (Å²) in [6.45, 7) is 2.56. The van der Waals surface area contributed by atoms with E-state index in [1.54, 1.807) is 0 Å². The molecule has 0 spiro atoms. The third kappa shape index (κ3) is 3.11. The number of carbonyl (C=O) groups excluding carboxylic acids is 1. The van der Waals surface area contributed by atoms with Crippen LogP contribution >= 0.6 is 0 Å². The van der Waals surface area contributed by atoms with Crippen molar-refractivity contribution in [3.05, 3.63) is 0 Å². The molecule has 1 atom stereocenters. The SMILES string of the molecule is CCC(C(=O)NCC1CCC1)C(N)=NO. The summed E-state index contributed by atoms with van der Waals surface area (Å²) in [5.41, 5.74) is 5.42. The van der Waals surface area contributed by atoms with Gasteiger partial charge >= 0.3 is 0 Å². The van der Waals surface area contributed by atoms with E-state index >= 15 is 0 Å². The lowest BCUT2D eigenvalue weighted by molar-refractivity contribution is -0.123. The Kier molecular flexibility index (Phi) is 4.39. The summed E-state index contributed by atoms with van der Waals surface area (Å²) in [5.74, 6) is -0.0304. The van der Waals surface area contributed by atoms with Crippen LogP contribution in [0, 0.1) is 11.8 Å². The molecule has 5 nitrogen and oxygen atoms in total. The van der Waals surface area contributed by atoms with Crippen LogP contribution in [0.1, 0.15) is 32.6 Å². The Balaban J connectivity index is 2.35. The van der Waals surface area contributed by atoms with Gasteiger partial charge in [-0.25, -0.2) is 0 Å². The molecule has 1 rings (SSSR count). The summed E-state index contributed by atoms with van der Waals surface area (Å²) in [7, 11) is 0. The summed E-state index contributed by atoms with van der Waals surface area (Å²) in [5, 5.41) is 14.2. The van der Waals surface area contributed by atoms with Gasteiger partial charge in [-0.05, 0) is 25.2 Å². The number of nitrogens with zero attached hydrogens (tertiary/aromatic N) is 1. The number of oxime groups is 1. The Bertz CT molecular complexity index is 249. The fourth-order valence-corrected chi connectivity index (χ4v) is 1.66. The van der Waals surface area contributed by atoms with Crippen molar-refractivity contribution in [1.82, 2.24) is 5.32 Å². The highest BCUT2D eigenvalue weighted by Gasteiger charge is 2.23. The zero-order valence-electron chi connectivity index (χ0n) is 9.07. The van der Waals surface area contributed by atoms with Crippen LogP contribution in [0.4, 0.5) is 0 Å². The number of nitrogens with two attached hydrogens (primary N) is 1. The van der Waals surface area contributed by atoms with E-state index in [0.717, 1.165) is 0 Å². The van der Waals surface area contributed by atoms with Crippen LogP contribution < -0.4 is 11.1 Å². The van der Waals surface area contributed by atoms with Gasteiger partial charge in [0.15, 0.2) is 5.84 Å². The highest BCUT2D eigenvalue weighted by atomic mass is 16.4. The second-order valence-corrected chi connectivity index (χ2v) is 4.03. The standard InChI is InChI=1S/C10H19N3O2/c1-2-8(9(11)13-15)10(14)12-6-7-4-3-5-7/h7-8,15H,2-6H2,1H3,(H2,11,13)(H,12,14). The average Bonchev–Trinajstić information content (AvgIpc) is 2.16. The lowest BCUT2D eigenvalue weighted by Gasteiger charge is -2.26. The molecule has 0 heterocycles. The van der Waals surface area contributed by atoms with Gasteiger partial charge in [-0.15, -0.1) is 0 Å². The third-order valence-electron chi connectivity index (χ3n) is 2.99. The summed E-state index contributed by atoms with van der Waals surface area (Å²) in [6.07, 6.45) is 4.20. The van der Waals surface area contributed by atoms with E-state index in [0.29, 0.717) is 18.9 Å². The van der Waals surface area contributed by atoms with Crippen LogP contribution in [0.5, 0.6) is 0 Å². The van der Waals surface area contributed by atoms with Crippen molar-refractivity contribution in [2.75, 3.05) is 6.54 Å². The molecule has 5 heteroatoms. The number of rotatable bonds is 5. The second kappa shape index (κ2) is 5.58. The zero-order valence-corrected chi connectivity index (χ0v) is 9.07. The first-order chi connectivity index (χ1) is 7.19. The molecule has 1 amide bonds. The van der Waals surface area contributed by atoms with Gasteiger partial charge in [0.05, 0.1) is 5.92 Å². The van der Waals surface area contributed by atoms with Crippen molar-refractivity contribution >= 4 is 11.7 Å². The second-order valence-electron chi connectivity index (χ2n) is 4.03. The fourth-order valence-electron chi connectivity index (χ4n) is 1.66. The number of carbonyl (C=O) groups is 1. The smallest absolute Gasteiger partial charge is 0.230 e. The maximum atomic E-state index is 11.6. The number of nitrogens with one attached hydrogen (secondary N) is 1. The zero-order chi connectivity index (χ0) is 11.3. The molecular weight excluding hydrogens is 194 g/mol. The minimum atomic E-state index is -0.505. The Morgan fingerprint density at radius 2 is 2.33 bits per heavy atom. The molecule has 1 aliphatic carbocycles. The Morgan fingerprint density at radius 1 is 1.67 bits per heavy atom. The number of hydrogen-bond donors (Lipinski definition) is 3. The van der Waals surface area contributed by atoms with Crippen LogP contribution in [0.2, 0.25) is 0 Å². The van der Waals surface area contributed by atoms with Crippen molar-refractivity contribution in [1.29, 1.82) is 0 Å². The highest BCUT2D eigenvalue weighted by molar-refractivity contribution is 6.01. The van der Waals surface area contributed by atoms with E-state index in [2.05, 4.69) is 10.5 Å². The molecule has 0 saturated heterocycles. The maximum Gasteiger partial charge on any atom is 0.230 e. The molecule has 0 aromatic heterocycles. The molecule has 0 aromatic rings. The van der Waals surface area contributed by atoms with E-state index < -0.39 is 5.92 Å². The van der Waals surface area contributed by atoms with Gasteiger partial charge in [0, 0.05) is 6.54 Å². The third-order valence-corrected chi connectivity index (χ3v) is 2.99. The van der Waals surface area contributed by atoms with Gasteiger partial charge in [0.2, 0.25) is 5.91 Å². The van der Waals surface area contributed by atoms with Crippen LogP contribution in [-0.4, -0.2) is 23.5 Å². The van der Waals surface area contributed by atoms with E-state index in [4.69, 9.17) is 10.9 Å². The van der Waals surface area contributed by atoms with Crippen molar-refractivity contribution < 1.29 is 10.0 Å². The summed E-state index contributed by atoms with van der Waals surface area (Å²) >= 11 is 0. The summed E-state index contributed by atoms with van der Waals surface area (Å²) in [4.78, 5) is 11.6. The van der Waals surface area contributed by atoms with Crippen LogP contribution in [-0.2, 0) is 4.79 Å². The maximum absolute atomic E-state index is 11.6. The van der Waals surface area contributed by atoms with E-state index in [1.807, 2.05) is 6.92 Å². The van der Waals surface area contributed by atoms with Crippen LogP contribution in [0.25, 0.3) is 0 Å². The molecule has 4 N–H and O–H groups in total. The first-order valence-electron chi connectivity index (χ1n) is 5.44. The van der Waals surface area contributed by atoms with Gasteiger partial charge < -0.3 is 16.3 Å². The predicted octanol–water partition coefficient (Wildman–Crippen LogP) is 0.675. The van der Waals surface area contributed by atoms with Crippen molar-refractivity contribution in [2.24, 2.45) is 22.7 Å². The molecule has 86 valence electrons. The molecule has 1 saturated carbocycles. The first kappa shape index (κ1) is 11.8. The summed E-state index contributed by atoms with van der Waals surface area (Å²) in [6, 6.07) is 0. The van der Waals surface area contributed by atoms with Gasteiger partial charge in [0.25, 0.3) is 0 Å². The minimum Gasteiger partial charge on any atom is -0.409 e. The van der Waals surface area contributed by atoms with E-state index in [9.17, 15) is 4.79 Å². The lowest BCUT2D eigenvalue weighted by atomic mass is 9.85. The Morgan fingerprint density at radius 3 is 2.73 bits per heavy atom. The van der Waals surface area contributed by atoms with E-state index in [-0.39, 0.29) is 11.7 Å². The molecule has 15 heavy (non-hydrogen) atoms. The fraction of sp³-hybridized carbons (Fsp3) is 0.800. The molecule has 1 aliphatic rings. The summed E-state index contributed by atoms with van der Waals surface area (Å²) < 4.78 is 0. The lowest BCUT2D eigenvalue weighted by Crippen LogP contribution is -2.41. The van der Waals surface area contributed by atoms with E-state index in [1.165, 1.54) is 19.3 Å². The largest absolute Gasteiger partial charge is 0.409 e. The van der Waals surface area contributed by atoms with Crippen molar-refractivity contribution in [3.8, 4) is 0 Å². The number of amides is 1. The van der Waals surface area contributed by atoms with Gasteiger partial charge in [-0.1, -0.05) is 18.5 Å². The van der Waals surface area contributed by atoms with Crippen LogP contribution in [0.15, 0.2) is 5.16 Å². The highest BCUT2D eigenvalue weighted by Crippen LogP contribution is 2.25. The Hall–Kier alpha value is -1.26. The quantitative estimate of drug-likeness (QED) is 0.271. The number of hydrogen-bond acceptors (Lipinski definition) is 3. The molecule has 0 aromatic carbocycles. The monoisotopic (exact) mass is 213 g/mol. The number of amidine groups is 1. The van der Waals surface area contributed by atoms with Crippen molar-refractivity contribution in [3.63, 3.8) is 0 Å². The molecule has 0 bridgehead atoms. The Labute approximate surface area is 89.7 Å². The van der Waals surface area contributed by atoms with Gasteiger partial charge in [-0.3, -0.25) is 4.79 Å². The average molecular weight is 213 g/mol. The topological polar surface area (TPSA) is 87.7 Å². The normalized spacial score (nSPS) is 19.4. The van der Waals surface area contributed by atoms with Gasteiger partial charge in [-0.2, -0.15) is 0 Å². The predicted molar refractivity (Wildman–Crippen MR) is 57.5 cm³/mol. The molecule has 1 unspecified atom stereocenters. The molecular formula is C10H19N3O2. The molecule has 0 radical (unpaired) electrons. The van der Waals surface area contributed by atoms with Crippen LogP contribution in [0.3, 0.4) is 0 Å². The molecule has 0 aliphatic heterocycles. The molecule has 1 fully saturated rings.